The lowest BCUT2D eigenvalue weighted by Crippen LogP contribution is -2.15. The molecule has 0 saturated carbocycles. The lowest BCUT2D eigenvalue weighted by Gasteiger charge is -2.13. The number of para-hydroxylation sites is 1. The Morgan fingerprint density at radius 1 is 1.17 bits per heavy atom. The fourth-order valence-corrected chi connectivity index (χ4v) is 3.60. The lowest BCUT2D eigenvalue weighted by atomic mass is 10.1. The predicted molar refractivity (Wildman–Crippen MR) is 109 cm³/mol. The monoisotopic (exact) mass is 429 g/mol. The summed E-state index contributed by atoms with van der Waals surface area (Å²) in [6, 6.07) is 6.41. The van der Waals surface area contributed by atoms with Gasteiger partial charge in [-0.3, -0.25) is 0 Å². The predicted octanol–water partition coefficient (Wildman–Crippen LogP) is 2.59. The molecule has 4 rings (SSSR count). The second-order valence-electron chi connectivity index (χ2n) is 7.14. The minimum Gasteiger partial charge on any atom is -0.350 e. The number of nitrogens with one attached hydrogen (secondary N) is 1. The van der Waals surface area contributed by atoms with Crippen LogP contribution < -0.4 is 5.32 Å². The largest absolute Gasteiger partial charge is 0.350 e. The van der Waals surface area contributed by atoms with Crippen LogP contribution in [0.15, 0.2) is 48.0 Å². The number of nitrogens with zero attached hydrogens (tertiary/aromatic N) is 6. The molecule has 0 unspecified atom stereocenters. The maximum absolute atomic E-state index is 14.5. The van der Waals surface area contributed by atoms with E-state index in [0.29, 0.717) is 16.9 Å². The van der Waals surface area contributed by atoms with Crippen molar-refractivity contribution >= 4 is 21.4 Å². The Kier molecular flexibility index (Phi) is 4.98. The molecule has 0 radical (unpaired) electrons. The molecule has 0 fully saturated rings. The lowest BCUT2D eigenvalue weighted by molar-refractivity contribution is 0.592. The molecule has 0 aliphatic heterocycles. The quantitative estimate of drug-likeness (QED) is 0.502. The molecule has 0 atom stereocenters. The highest BCUT2D eigenvalue weighted by atomic mass is 32.2. The zero-order chi connectivity index (χ0) is 21.5. The Morgan fingerprint density at radius 3 is 2.63 bits per heavy atom. The number of benzene rings is 1. The third kappa shape index (κ3) is 3.63. The molecule has 3 heterocycles. The summed E-state index contributed by atoms with van der Waals surface area (Å²) in [6.45, 7) is 4.10. The Bertz CT molecular complexity index is 1310. The average molecular weight is 429 g/mol. The van der Waals surface area contributed by atoms with Crippen LogP contribution in [0.2, 0.25) is 0 Å². The van der Waals surface area contributed by atoms with Gasteiger partial charge in [0, 0.05) is 30.8 Å². The van der Waals surface area contributed by atoms with Crippen LogP contribution in [0.25, 0.3) is 11.3 Å². The van der Waals surface area contributed by atoms with E-state index in [0.717, 1.165) is 11.8 Å². The molecular weight excluding hydrogens is 409 g/mol. The first-order chi connectivity index (χ1) is 14.3. The van der Waals surface area contributed by atoms with Crippen molar-refractivity contribution in [3.05, 3.63) is 59.8 Å². The third-order valence-corrected chi connectivity index (χ3v) is 5.42. The summed E-state index contributed by atoms with van der Waals surface area (Å²) in [5, 5.41) is 11.2. The van der Waals surface area contributed by atoms with Crippen LogP contribution in [0.1, 0.15) is 30.9 Å². The molecule has 0 aliphatic rings. The van der Waals surface area contributed by atoms with Crippen molar-refractivity contribution in [1.82, 2.24) is 29.4 Å². The first-order valence-corrected chi connectivity index (χ1v) is 11.1. The fourth-order valence-electron chi connectivity index (χ4n) is 3.10. The topological polar surface area (TPSA) is 107 Å². The standard InChI is InChI=1S/C19H20FN7O2S/c1-12(2)14-11-23-27-17(14)24-19(30(3,28)29)25-18(27)21-10-13-6-4-7-15(20)16(13)26-9-5-8-22-26/h4-9,11-12H,10H2,1-3H3,(H,21,24,25). The van der Waals surface area contributed by atoms with Crippen molar-refractivity contribution in [2.45, 2.75) is 31.5 Å². The van der Waals surface area contributed by atoms with Crippen molar-refractivity contribution in [3.8, 4) is 5.69 Å². The highest BCUT2D eigenvalue weighted by Crippen LogP contribution is 2.23. The summed E-state index contributed by atoms with van der Waals surface area (Å²) in [5.74, 6) is -0.140. The molecule has 0 bridgehead atoms. The smallest absolute Gasteiger partial charge is 0.252 e. The number of anilines is 1. The maximum atomic E-state index is 14.5. The molecule has 9 nitrogen and oxygen atoms in total. The van der Waals surface area contributed by atoms with Gasteiger partial charge in [0.25, 0.3) is 5.16 Å². The van der Waals surface area contributed by atoms with Crippen LogP contribution in [0.5, 0.6) is 0 Å². The number of hydrogen-bond donors (Lipinski definition) is 1. The summed E-state index contributed by atoms with van der Waals surface area (Å²) in [7, 11) is -3.65. The van der Waals surface area contributed by atoms with Crippen LogP contribution in [-0.4, -0.2) is 44.0 Å². The van der Waals surface area contributed by atoms with Gasteiger partial charge in [0.05, 0.1) is 6.20 Å². The molecule has 4 aromatic rings. The molecule has 3 aromatic heterocycles. The summed E-state index contributed by atoms with van der Waals surface area (Å²) in [4.78, 5) is 8.35. The second-order valence-corrected chi connectivity index (χ2v) is 9.05. The van der Waals surface area contributed by atoms with E-state index in [1.807, 2.05) is 13.8 Å². The van der Waals surface area contributed by atoms with E-state index >= 15 is 0 Å². The Labute approximate surface area is 172 Å². The SMILES string of the molecule is CC(C)c1cnn2c(NCc3cccc(F)c3-n3cccn3)nc(S(C)(=O)=O)nc12. The van der Waals surface area contributed by atoms with Crippen molar-refractivity contribution in [2.24, 2.45) is 0 Å². The van der Waals surface area contributed by atoms with Gasteiger partial charge in [-0.25, -0.2) is 17.5 Å². The van der Waals surface area contributed by atoms with Crippen LogP contribution in [0.4, 0.5) is 10.3 Å². The average Bonchev–Trinajstić information content (AvgIpc) is 3.35. The molecule has 0 saturated heterocycles. The maximum Gasteiger partial charge on any atom is 0.252 e. The van der Waals surface area contributed by atoms with Crippen LogP contribution in [0, 0.1) is 5.82 Å². The molecule has 30 heavy (non-hydrogen) atoms. The Balaban J connectivity index is 1.78. The summed E-state index contributed by atoms with van der Waals surface area (Å²) >= 11 is 0. The molecule has 0 amide bonds. The van der Waals surface area contributed by atoms with Crippen molar-refractivity contribution in [1.29, 1.82) is 0 Å². The second kappa shape index (κ2) is 7.48. The summed E-state index contributed by atoms with van der Waals surface area (Å²) < 4.78 is 41.6. The van der Waals surface area contributed by atoms with Gasteiger partial charge >= 0.3 is 0 Å². The summed E-state index contributed by atoms with van der Waals surface area (Å²) in [5.41, 5.74) is 2.12. The third-order valence-electron chi connectivity index (χ3n) is 4.57. The Hall–Kier alpha value is -3.34. The minimum absolute atomic E-state index is 0.0901. The Morgan fingerprint density at radius 2 is 1.97 bits per heavy atom. The van der Waals surface area contributed by atoms with Gasteiger partial charge in [0.1, 0.15) is 11.5 Å². The zero-order valence-corrected chi connectivity index (χ0v) is 17.4. The van der Waals surface area contributed by atoms with E-state index in [1.54, 1.807) is 36.8 Å². The fraction of sp³-hybridized carbons (Fsp3) is 0.263. The van der Waals surface area contributed by atoms with Gasteiger partial charge in [0.2, 0.25) is 15.8 Å². The van der Waals surface area contributed by atoms with Gasteiger partial charge in [-0.2, -0.15) is 24.7 Å². The number of halogens is 1. The van der Waals surface area contributed by atoms with Gasteiger partial charge in [-0.15, -0.1) is 0 Å². The van der Waals surface area contributed by atoms with Crippen molar-refractivity contribution in [2.75, 3.05) is 11.6 Å². The van der Waals surface area contributed by atoms with Crippen LogP contribution in [-0.2, 0) is 16.4 Å². The van der Waals surface area contributed by atoms with E-state index < -0.39 is 15.7 Å². The first-order valence-electron chi connectivity index (χ1n) is 9.22. The molecular formula is C19H20FN7O2S. The van der Waals surface area contributed by atoms with E-state index in [1.165, 1.54) is 15.3 Å². The van der Waals surface area contributed by atoms with Gasteiger partial charge < -0.3 is 5.32 Å². The van der Waals surface area contributed by atoms with Crippen molar-refractivity contribution in [3.63, 3.8) is 0 Å². The number of sulfone groups is 1. The highest BCUT2D eigenvalue weighted by molar-refractivity contribution is 7.90. The van der Waals surface area contributed by atoms with E-state index in [4.69, 9.17) is 0 Å². The van der Waals surface area contributed by atoms with Crippen molar-refractivity contribution < 1.29 is 12.8 Å². The number of fused-ring (bicyclic) bond motifs is 1. The zero-order valence-electron chi connectivity index (χ0n) is 16.6. The molecule has 1 N–H and O–H groups in total. The normalized spacial score (nSPS) is 12.0. The van der Waals surface area contributed by atoms with E-state index in [-0.39, 0.29) is 23.6 Å². The van der Waals surface area contributed by atoms with Crippen LogP contribution >= 0.6 is 0 Å². The first kappa shape index (κ1) is 20.0. The van der Waals surface area contributed by atoms with Gasteiger partial charge in [-0.1, -0.05) is 26.0 Å². The number of aromatic nitrogens is 6. The molecule has 0 aliphatic carbocycles. The van der Waals surface area contributed by atoms with Crippen LogP contribution in [0.3, 0.4) is 0 Å². The molecule has 11 heteroatoms. The minimum atomic E-state index is -3.65. The molecule has 1 aromatic carbocycles. The highest BCUT2D eigenvalue weighted by Gasteiger charge is 2.20. The van der Waals surface area contributed by atoms with E-state index in [9.17, 15) is 12.8 Å². The molecule has 156 valence electrons. The number of rotatable bonds is 6. The molecule has 0 spiro atoms. The number of hydrogen-bond acceptors (Lipinski definition) is 7. The van der Waals surface area contributed by atoms with Gasteiger partial charge in [0.15, 0.2) is 5.65 Å². The summed E-state index contributed by atoms with van der Waals surface area (Å²) in [6.07, 6.45) is 5.90. The van der Waals surface area contributed by atoms with Gasteiger partial charge in [-0.05, 0) is 23.6 Å². The van der Waals surface area contributed by atoms with E-state index in [2.05, 4.69) is 25.5 Å².